The van der Waals surface area contributed by atoms with E-state index >= 15 is 0 Å². The van der Waals surface area contributed by atoms with Crippen LogP contribution in [-0.4, -0.2) is 61.7 Å². The molecule has 2 amide bonds. The second-order valence-electron chi connectivity index (χ2n) is 11.1. The van der Waals surface area contributed by atoms with E-state index in [9.17, 15) is 9.59 Å². The highest BCUT2D eigenvalue weighted by Gasteiger charge is 2.34. The predicted octanol–water partition coefficient (Wildman–Crippen LogP) is 5.18. The molecule has 0 fully saturated rings. The van der Waals surface area contributed by atoms with Crippen LogP contribution in [0.1, 0.15) is 27.9 Å². The van der Waals surface area contributed by atoms with E-state index in [1.54, 1.807) is 29.3 Å². The Morgan fingerprint density at radius 1 is 0.848 bits per heavy atom. The van der Waals surface area contributed by atoms with Crippen molar-refractivity contribution in [2.75, 3.05) is 13.7 Å². The first-order chi connectivity index (χ1) is 22.6. The monoisotopic (exact) mass is 610 g/mol. The number of rotatable bonds is 10. The van der Waals surface area contributed by atoms with Crippen LogP contribution >= 0.6 is 0 Å². The zero-order chi connectivity index (χ0) is 31.7. The fourth-order valence-corrected chi connectivity index (χ4v) is 5.62. The maximum absolute atomic E-state index is 14.5. The van der Waals surface area contributed by atoms with Gasteiger partial charge in [-0.2, -0.15) is 10.2 Å². The summed E-state index contributed by atoms with van der Waals surface area (Å²) in [6.45, 7) is 1.32. The minimum Gasteiger partial charge on any atom is -0.480 e. The molecule has 230 valence electrons. The molecule has 0 saturated heterocycles. The fourth-order valence-electron chi connectivity index (χ4n) is 5.62. The molecule has 46 heavy (non-hydrogen) atoms. The van der Waals surface area contributed by atoms with Gasteiger partial charge in [0.2, 0.25) is 17.7 Å². The van der Waals surface area contributed by atoms with Gasteiger partial charge in [-0.15, -0.1) is 10.2 Å². The number of methoxy groups -OCH3 is 1. The first-order valence-electron chi connectivity index (χ1n) is 15.2. The molecule has 2 aromatic heterocycles. The van der Waals surface area contributed by atoms with Crippen LogP contribution in [0.4, 0.5) is 0 Å². The molecule has 0 spiro atoms. The number of hydrogen-bond donors (Lipinski definition) is 0. The van der Waals surface area contributed by atoms with E-state index in [0.29, 0.717) is 31.1 Å². The van der Waals surface area contributed by atoms with Crippen LogP contribution in [0.5, 0.6) is 5.88 Å². The van der Waals surface area contributed by atoms with Gasteiger partial charge in [-0.25, -0.2) is 0 Å². The Hall–Kier alpha value is -5.70. The molecule has 0 aliphatic carbocycles. The number of amides is 2. The van der Waals surface area contributed by atoms with Crippen molar-refractivity contribution in [2.45, 2.75) is 32.0 Å². The number of benzene rings is 3. The van der Waals surface area contributed by atoms with Gasteiger partial charge in [0.05, 0.1) is 18.5 Å². The summed E-state index contributed by atoms with van der Waals surface area (Å²) < 4.78 is 5.11. The van der Waals surface area contributed by atoms with Crippen molar-refractivity contribution in [3.63, 3.8) is 0 Å². The maximum atomic E-state index is 14.5. The molecule has 1 aliphatic rings. The van der Waals surface area contributed by atoms with Gasteiger partial charge in [-0.3, -0.25) is 9.59 Å². The standard InChI is InChI=1S/C37H34N6O3/c1-46-35-19-17-32(39-41-35)18-20-36(44)43(25-28-13-15-30(16-14-28)33-12-7-22-38-40-33)34(24-27-8-3-2-4-9-27)37(45)42-23-21-29-10-5-6-11-31(29)26-42/h2-20,22,34H,21,23-26H2,1H3. The van der Waals surface area contributed by atoms with E-state index in [4.69, 9.17) is 4.74 Å². The molecule has 0 N–H and O–H groups in total. The van der Waals surface area contributed by atoms with Crippen LogP contribution in [0.3, 0.4) is 0 Å². The zero-order valence-electron chi connectivity index (χ0n) is 25.6. The van der Waals surface area contributed by atoms with Crippen molar-refractivity contribution >= 4 is 17.9 Å². The molecule has 0 radical (unpaired) electrons. The number of aromatic nitrogens is 4. The summed E-state index contributed by atoms with van der Waals surface area (Å²) in [5, 5.41) is 16.3. The van der Waals surface area contributed by atoms with Crippen LogP contribution in [-0.2, 0) is 35.5 Å². The largest absolute Gasteiger partial charge is 0.480 e. The molecule has 1 unspecified atom stereocenters. The quantitative estimate of drug-likeness (QED) is 0.201. The van der Waals surface area contributed by atoms with Gasteiger partial charge in [-0.1, -0.05) is 78.9 Å². The molecular weight excluding hydrogens is 576 g/mol. The van der Waals surface area contributed by atoms with Crippen molar-refractivity contribution in [3.8, 4) is 17.1 Å². The van der Waals surface area contributed by atoms with Crippen molar-refractivity contribution in [1.29, 1.82) is 0 Å². The van der Waals surface area contributed by atoms with Crippen LogP contribution in [0, 0.1) is 0 Å². The van der Waals surface area contributed by atoms with Gasteiger partial charge < -0.3 is 14.5 Å². The number of carbonyl (C=O) groups is 2. The van der Waals surface area contributed by atoms with Gasteiger partial charge in [0.1, 0.15) is 6.04 Å². The lowest BCUT2D eigenvalue weighted by atomic mass is 9.97. The van der Waals surface area contributed by atoms with Crippen molar-refractivity contribution in [1.82, 2.24) is 30.2 Å². The average Bonchev–Trinajstić information content (AvgIpc) is 3.13. The number of hydrogen-bond acceptors (Lipinski definition) is 7. The minimum atomic E-state index is -0.744. The molecule has 1 atom stereocenters. The number of fused-ring (bicyclic) bond motifs is 1. The van der Waals surface area contributed by atoms with E-state index in [2.05, 4.69) is 32.5 Å². The molecule has 3 heterocycles. The number of nitrogens with zero attached hydrogens (tertiary/aromatic N) is 6. The smallest absolute Gasteiger partial charge is 0.247 e. The molecule has 0 saturated carbocycles. The van der Waals surface area contributed by atoms with E-state index in [-0.39, 0.29) is 18.4 Å². The van der Waals surface area contributed by atoms with Gasteiger partial charge in [0.25, 0.3) is 0 Å². The fraction of sp³-hybridized carbons (Fsp3) is 0.189. The Bertz CT molecular complexity index is 1800. The highest BCUT2D eigenvalue weighted by atomic mass is 16.5. The molecule has 9 heteroatoms. The number of ether oxygens (including phenoxy) is 1. The molecule has 0 bridgehead atoms. The van der Waals surface area contributed by atoms with Gasteiger partial charge in [0, 0.05) is 50.0 Å². The molecule has 5 aromatic rings. The molecule has 3 aromatic carbocycles. The summed E-state index contributed by atoms with van der Waals surface area (Å²) in [4.78, 5) is 32.2. The zero-order valence-corrected chi connectivity index (χ0v) is 25.6. The summed E-state index contributed by atoms with van der Waals surface area (Å²) in [7, 11) is 1.52. The average molecular weight is 611 g/mol. The first kappa shape index (κ1) is 30.3. The lowest BCUT2D eigenvalue weighted by Gasteiger charge is -2.37. The summed E-state index contributed by atoms with van der Waals surface area (Å²) >= 11 is 0. The van der Waals surface area contributed by atoms with Crippen LogP contribution in [0.25, 0.3) is 17.3 Å². The van der Waals surface area contributed by atoms with E-state index < -0.39 is 6.04 Å². The minimum absolute atomic E-state index is 0.0828. The highest BCUT2D eigenvalue weighted by molar-refractivity contribution is 5.95. The number of carbonyl (C=O) groups excluding carboxylic acids is 2. The Balaban J connectivity index is 1.34. The SMILES string of the molecule is COc1ccc(C=CC(=O)N(Cc2ccc(-c3cccnn3)cc2)C(Cc2ccccc2)C(=O)N2CCc3ccccc3C2)nn1. The predicted molar refractivity (Wildman–Crippen MR) is 175 cm³/mol. The summed E-state index contributed by atoms with van der Waals surface area (Å²) in [6.07, 6.45) is 5.85. The van der Waals surface area contributed by atoms with E-state index in [1.807, 2.05) is 83.8 Å². The van der Waals surface area contributed by atoms with Gasteiger partial charge in [0.15, 0.2) is 0 Å². The molecule has 9 nitrogen and oxygen atoms in total. The second-order valence-corrected chi connectivity index (χ2v) is 11.1. The second kappa shape index (κ2) is 14.4. The summed E-state index contributed by atoms with van der Waals surface area (Å²) in [5.74, 6) is -0.00509. The Morgan fingerprint density at radius 2 is 1.63 bits per heavy atom. The molecule has 1 aliphatic heterocycles. The maximum Gasteiger partial charge on any atom is 0.247 e. The lowest BCUT2D eigenvalue weighted by Crippen LogP contribution is -2.52. The lowest BCUT2D eigenvalue weighted by molar-refractivity contribution is -0.144. The molecular formula is C37H34N6O3. The van der Waals surface area contributed by atoms with Crippen LogP contribution < -0.4 is 4.74 Å². The summed E-state index contributed by atoms with van der Waals surface area (Å²) in [6, 6.07) is 32.3. The Kier molecular flexibility index (Phi) is 9.49. The summed E-state index contributed by atoms with van der Waals surface area (Å²) in [5.41, 5.74) is 6.42. The van der Waals surface area contributed by atoms with Gasteiger partial charge >= 0.3 is 0 Å². The molecule has 6 rings (SSSR count). The Morgan fingerprint density at radius 3 is 2.35 bits per heavy atom. The van der Waals surface area contributed by atoms with E-state index in [0.717, 1.165) is 34.4 Å². The van der Waals surface area contributed by atoms with Crippen molar-refractivity contribution < 1.29 is 14.3 Å². The highest BCUT2D eigenvalue weighted by Crippen LogP contribution is 2.24. The first-order valence-corrected chi connectivity index (χ1v) is 15.2. The van der Waals surface area contributed by atoms with Gasteiger partial charge in [-0.05, 0) is 52.9 Å². The third-order valence-corrected chi connectivity index (χ3v) is 8.10. The topological polar surface area (TPSA) is 101 Å². The van der Waals surface area contributed by atoms with Crippen molar-refractivity contribution in [3.05, 3.63) is 143 Å². The Labute approximate surface area is 268 Å². The normalized spacial score (nSPS) is 13.2. The van der Waals surface area contributed by atoms with E-state index in [1.165, 1.54) is 18.7 Å². The van der Waals surface area contributed by atoms with Crippen LogP contribution in [0.2, 0.25) is 0 Å². The third kappa shape index (κ3) is 7.32. The van der Waals surface area contributed by atoms with Crippen molar-refractivity contribution in [2.24, 2.45) is 0 Å². The van der Waals surface area contributed by atoms with Crippen LogP contribution in [0.15, 0.2) is 115 Å². The third-order valence-electron chi connectivity index (χ3n) is 8.10.